The molecule has 0 bridgehead atoms. The van der Waals surface area contributed by atoms with Crippen LogP contribution >= 0.6 is 0 Å². The SMILES string of the molecule is C=C/C=N\c1c(C(=O)NC(C)c2cc3cccc(C#Cc4ccccc4)c3c(=O)n2-c2ccccc2)c(N)nn1C. The molecule has 0 aliphatic rings. The van der Waals surface area contributed by atoms with E-state index in [1.54, 1.807) is 11.6 Å². The molecule has 0 fully saturated rings. The molecule has 0 spiro atoms. The second kappa shape index (κ2) is 11.6. The van der Waals surface area contributed by atoms with Crippen LogP contribution in [-0.2, 0) is 7.05 Å². The number of pyridine rings is 1. The number of nitrogens with zero attached hydrogens (tertiary/aromatic N) is 4. The maximum absolute atomic E-state index is 14.2. The first-order valence-corrected chi connectivity index (χ1v) is 13.0. The predicted octanol–water partition coefficient (Wildman–Crippen LogP) is 5.09. The third-order valence-electron chi connectivity index (χ3n) is 6.57. The number of anilines is 1. The number of carbonyl (C=O) groups excluding carboxylic acids is 1. The molecule has 8 nitrogen and oxygen atoms in total. The Kier molecular flexibility index (Phi) is 7.61. The maximum Gasteiger partial charge on any atom is 0.264 e. The number of aromatic nitrogens is 3. The quantitative estimate of drug-likeness (QED) is 0.231. The standard InChI is InChI=1S/C33H28N6O2/c1-4-20-35-31-29(30(34)37-38(31)3)32(40)36-22(2)27-21-25-15-11-14-24(19-18-23-12-7-5-8-13-23)28(25)33(41)39(27)26-16-9-6-10-17-26/h4-17,20-22H,1H2,2-3H3,(H2,34,37)(H,36,40)/b35-20-. The van der Waals surface area contributed by atoms with Crippen molar-refractivity contribution in [1.82, 2.24) is 19.7 Å². The van der Waals surface area contributed by atoms with Crippen LogP contribution in [0, 0.1) is 11.8 Å². The molecule has 3 aromatic carbocycles. The summed E-state index contributed by atoms with van der Waals surface area (Å²) in [5, 5.41) is 8.36. The number of fused-ring (bicyclic) bond motifs is 1. The Morgan fingerprint density at radius 2 is 1.76 bits per heavy atom. The Morgan fingerprint density at radius 1 is 1.05 bits per heavy atom. The van der Waals surface area contributed by atoms with Gasteiger partial charge in [-0.05, 0) is 48.7 Å². The van der Waals surface area contributed by atoms with Crippen molar-refractivity contribution in [3.05, 3.63) is 130 Å². The van der Waals surface area contributed by atoms with Crippen LogP contribution in [0.3, 0.4) is 0 Å². The molecule has 0 saturated heterocycles. The van der Waals surface area contributed by atoms with E-state index in [1.165, 1.54) is 17.0 Å². The highest BCUT2D eigenvalue weighted by Crippen LogP contribution is 2.27. The van der Waals surface area contributed by atoms with Gasteiger partial charge in [0.05, 0.1) is 11.4 Å². The normalized spacial score (nSPS) is 11.7. The Labute approximate surface area is 237 Å². The van der Waals surface area contributed by atoms with E-state index in [4.69, 9.17) is 5.73 Å². The predicted molar refractivity (Wildman–Crippen MR) is 164 cm³/mol. The van der Waals surface area contributed by atoms with Crippen molar-refractivity contribution < 1.29 is 4.79 Å². The van der Waals surface area contributed by atoms with Crippen LogP contribution in [0.1, 0.15) is 40.1 Å². The largest absolute Gasteiger partial charge is 0.381 e. The van der Waals surface area contributed by atoms with Gasteiger partial charge in [0.1, 0.15) is 5.56 Å². The van der Waals surface area contributed by atoms with Crippen LogP contribution in [0.4, 0.5) is 11.6 Å². The molecule has 3 N–H and O–H groups in total. The minimum Gasteiger partial charge on any atom is -0.381 e. The molecule has 5 rings (SSSR count). The zero-order chi connectivity index (χ0) is 28.9. The average molecular weight is 541 g/mol. The minimum absolute atomic E-state index is 0.0500. The van der Waals surface area contributed by atoms with Gasteiger partial charge < -0.3 is 11.1 Å². The molecule has 2 heterocycles. The van der Waals surface area contributed by atoms with Crippen molar-refractivity contribution in [1.29, 1.82) is 0 Å². The van der Waals surface area contributed by atoms with Gasteiger partial charge in [0.25, 0.3) is 11.5 Å². The summed E-state index contributed by atoms with van der Waals surface area (Å²) in [4.78, 5) is 31.9. The van der Waals surface area contributed by atoms with E-state index in [-0.39, 0.29) is 16.9 Å². The van der Waals surface area contributed by atoms with E-state index < -0.39 is 11.9 Å². The first-order valence-electron chi connectivity index (χ1n) is 13.0. The fraction of sp³-hybridized carbons (Fsp3) is 0.0909. The van der Waals surface area contributed by atoms with Gasteiger partial charge in [-0.2, -0.15) is 5.10 Å². The Balaban J connectivity index is 1.63. The number of para-hydroxylation sites is 1. The van der Waals surface area contributed by atoms with Gasteiger partial charge in [-0.25, -0.2) is 9.67 Å². The van der Waals surface area contributed by atoms with E-state index >= 15 is 0 Å². The van der Waals surface area contributed by atoms with Gasteiger partial charge in [0.15, 0.2) is 11.6 Å². The molecule has 8 heteroatoms. The molecular weight excluding hydrogens is 512 g/mol. The second-order valence-corrected chi connectivity index (χ2v) is 9.35. The van der Waals surface area contributed by atoms with Crippen molar-refractivity contribution in [2.45, 2.75) is 13.0 Å². The Hall–Kier alpha value is -5.68. The van der Waals surface area contributed by atoms with Crippen LogP contribution in [0.5, 0.6) is 0 Å². The first-order chi connectivity index (χ1) is 19.9. The summed E-state index contributed by atoms with van der Waals surface area (Å²) < 4.78 is 3.05. The number of benzene rings is 3. The van der Waals surface area contributed by atoms with E-state index in [9.17, 15) is 9.59 Å². The van der Waals surface area contributed by atoms with Gasteiger partial charge in [-0.3, -0.25) is 14.2 Å². The fourth-order valence-corrected chi connectivity index (χ4v) is 4.68. The van der Waals surface area contributed by atoms with E-state index in [1.807, 2.05) is 91.9 Å². The van der Waals surface area contributed by atoms with Crippen molar-refractivity contribution in [2.75, 3.05) is 5.73 Å². The second-order valence-electron chi connectivity index (χ2n) is 9.35. The summed E-state index contributed by atoms with van der Waals surface area (Å²) in [6.45, 7) is 5.44. The van der Waals surface area contributed by atoms with Crippen LogP contribution in [-0.4, -0.2) is 26.5 Å². The summed E-state index contributed by atoms with van der Waals surface area (Å²) in [5.74, 6) is 6.22. The van der Waals surface area contributed by atoms with Crippen LogP contribution in [0.25, 0.3) is 16.5 Å². The number of allylic oxidation sites excluding steroid dienone is 1. The molecule has 41 heavy (non-hydrogen) atoms. The lowest BCUT2D eigenvalue weighted by atomic mass is 10.0. The van der Waals surface area contributed by atoms with Crippen molar-refractivity contribution in [3.8, 4) is 17.5 Å². The Morgan fingerprint density at radius 3 is 2.46 bits per heavy atom. The lowest BCUT2D eigenvalue weighted by Crippen LogP contribution is -2.32. The molecule has 2 aromatic heterocycles. The van der Waals surface area contributed by atoms with Crippen LogP contribution < -0.4 is 16.6 Å². The molecule has 202 valence electrons. The minimum atomic E-state index is -0.588. The van der Waals surface area contributed by atoms with Crippen LogP contribution in [0.2, 0.25) is 0 Å². The first kappa shape index (κ1) is 26.9. The molecule has 1 unspecified atom stereocenters. The van der Waals surface area contributed by atoms with E-state index in [2.05, 4.69) is 33.8 Å². The van der Waals surface area contributed by atoms with E-state index in [0.717, 1.165) is 10.9 Å². The third-order valence-corrected chi connectivity index (χ3v) is 6.57. The molecular formula is C33H28N6O2. The summed E-state index contributed by atoms with van der Waals surface area (Å²) in [7, 11) is 1.65. The van der Waals surface area contributed by atoms with Crippen molar-refractivity contribution >= 4 is 34.5 Å². The van der Waals surface area contributed by atoms with Gasteiger partial charge in [-0.15, -0.1) is 0 Å². The van der Waals surface area contributed by atoms with Gasteiger partial charge in [0.2, 0.25) is 0 Å². The monoisotopic (exact) mass is 540 g/mol. The third kappa shape index (κ3) is 5.42. The molecule has 5 aromatic rings. The number of nitrogens with two attached hydrogens (primary N) is 1. The number of nitrogens with one attached hydrogen (secondary N) is 1. The summed E-state index contributed by atoms with van der Waals surface area (Å²) >= 11 is 0. The topological polar surface area (TPSA) is 107 Å². The van der Waals surface area contributed by atoms with Crippen LogP contribution in [0.15, 0.2) is 107 Å². The van der Waals surface area contributed by atoms with Gasteiger partial charge in [0, 0.05) is 35.8 Å². The van der Waals surface area contributed by atoms with E-state index in [0.29, 0.717) is 28.1 Å². The molecule has 0 aliphatic carbocycles. The number of hydrogen-bond donors (Lipinski definition) is 2. The zero-order valence-corrected chi connectivity index (χ0v) is 22.7. The van der Waals surface area contributed by atoms with Gasteiger partial charge >= 0.3 is 0 Å². The Bertz CT molecular complexity index is 1910. The zero-order valence-electron chi connectivity index (χ0n) is 22.7. The number of aliphatic imine (C=N–C) groups is 1. The van der Waals surface area contributed by atoms with Crippen molar-refractivity contribution in [2.24, 2.45) is 12.0 Å². The number of amides is 1. The van der Waals surface area contributed by atoms with Gasteiger partial charge in [-0.1, -0.05) is 73.0 Å². The number of carbonyl (C=O) groups is 1. The average Bonchev–Trinajstić information content (AvgIpc) is 3.27. The smallest absolute Gasteiger partial charge is 0.264 e. The highest BCUT2D eigenvalue weighted by molar-refractivity contribution is 6.03. The number of aryl methyl sites for hydroxylation is 1. The molecule has 0 aliphatic heterocycles. The fourth-order valence-electron chi connectivity index (χ4n) is 4.68. The summed E-state index contributed by atoms with van der Waals surface area (Å²) in [6, 6.07) is 25.8. The number of hydrogen-bond acceptors (Lipinski definition) is 5. The molecule has 0 saturated carbocycles. The summed E-state index contributed by atoms with van der Waals surface area (Å²) in [5.41, 5.74) is 8.72. The molecule has 1 atom stereocenters. The molecule has 1 amide bonds. The number of nitrogen functional groups attached to an aromatic ring is 1. The number of rotatable bonds is 6. The summed E-state index contributed by atoms with van der Waals surface area (Å²) in [6.07, 6.45) is 2.96. The highest BCUT2D eigenvalue weighted by atomic mass is 16.2. The van der Waals surface area contributed by atoms with Crippen molar-refractivity contribution in [3.63, 3.8) is 0 Å². The maximum atomic E-state index is 14.2. The lowest BCUT2D eigenvalue weighted by Gasteiger charge is -2.21. The molecule has 0 radical (unpaired) electrons. The highest BCUT2D eigenvalue weighted by Gasteiger charge is 2.24. The lowest BCUT2D eigenvalue weighted by molar-refractivity contribution is 0.0940.